The zero-order valence-corrected chi connectivity index (χ0v) is 15.6. The van der Waals surface area contributed by atoms with E-state index in [0.717, 1.165) is 22.6 Å². The van der Waals surface area contributed by atoms with Gasteiger partial charge < -0.3 is 4.90 Å². The predicted molar refractivity (Wildman–Crippen MR) is 98.9 cm³/mol. The first-order valence-corrected chi connectivity index (χ1v) is 11.0. The van der Waals surface area contributed by atoms with Crippen molar-refractivity contribution in [1.82, 2.24) is 4.90 Å². The molecule has 4 unspecified atom stereocenters. The van der Waals surface area contributed by atoms with E-state index in [1.807, 2.05) is 0 Å². The zero-order chi connectivity index (χ0) is 15.1. The molecule has 4 aliphatic rings. The van der Waals surface area contributed by atoms with E-state index < -0.39 is 0 Å². The second kappa shape index (κ2) is 6.43. The largest absolute Gasteiger partial charge is 0.362 e. The Kier molecular flexibility index (Phi) is 4.51. The first-order chi connectivity index (χ1) is 10.8. The van der Waals surface area contributed by atoms with Crippen LogP contribution in [0.15, 0.2) is 11.1 Å². The average molecular weight is 338 g/mol. The molecule has 2 heterocycles. The lowest BCUT2D eigenvalue weighted by molar-refractivity contribution is -0.533. The van der Waals surface area contributed by atoms with E-state index in [4.69, 9.17) is 0 Å². The van der Waals surface area contributed by atoms with Crippen LogP contribution in [0.2, 0.25) is 0 Å². The van der Waals surface area contributed by atoms with Gasteiger partial charge in [-0.3, -0.25) is 0 Å². The van der Waals surface area contributed by atoms with Crippen LogP contribution >= 0.6 is 23.5 Å². The van der Waals surface area contributed by atoms with E-state index in [2.05, 4.69) is 53.0 Å². The Balaban J connectivity index is 1.58. The number of hydrogen-bond donors (Lipinski definition) is 0. The molecule has 0 amide bonds. The minimum atomic E-state index is 0.800. The summed E-state index contributed by atoms with van der Waals surface area (Å²) in [6.07, 6.45) is 13.9. The summed E-state index contributed by atoms with van der Waals surface area (Å²) < 4.78 is 2.60. The smallest absolute Gasteiger partial charge is 0.237 e. The van der Waals surface area contributed by atoms with Crippen molar-refractivity contribution >= 4 is 28.6 Å². The van der Waals surface area contributed by atoms with Crippen LogP contribution in [0.25, 0.3) is 0 Å². The number of hydrogen-bond acceptors (Lipinski definition) is 3. The summed E-state index contributed by atoms with van der Waals surface area (Å²) >= 11 is 4.34. The van der Waals surface area contributed by atoms with Crippen molar-refractivity contribution in [3.63, 3.8) is 0 Å². The van der Waals surface area contributed by atoms with Gasteiger partial charge in [0.05, 0.1) is 10.3 Å². The molecule has 4 atom stereocenters. The fourth-order valence-corrected chi connectivity index (χ4v) is 8.01. The first-order valence-electron chi connectivity index (χ1n) is 9.19. The van der Waals surface area contributed by atoms with Crippen LogP contribution in [0.3, 0.4) is 0 Å². The van der Waals surface area contributed by atoms with E-state index in [9.17, 15) is 0 Å². The van der Waals surface area contributed by atoms with Crippen molar-refractivity contribution in [3.05, 3.63) is 11.1 Å². The minimum Gasteiger partial charge on any atom is -0.362 e. The number of rotatable bonds is 2. The van der Waals surface area contributed by atoms with E-state index in [1.165, 1.54) is 63.0 Å². The van der Waals surface area contributed by atoms with Crippen molar-refractivity contribution in [2.45, 2.75) is 80.9 Å². The lowest BCUT2D eigenvalue weighted by Crippen LogP contribution is -2.36. The van der Waals surface area contributed by atoms with Gasteiger partial charge in [0.25, 0.3) is 0 Å². The molecule has 1 saturated heterocycles. The molecule has 2 aliphatic carbocycles. The van der Waals surface area contributed by atoms with Crippen molar-refractivity contribution in [1.29, 1.82) is 0 Å². The third kappa shape index (κ3) is 2.64. The van der Waals surface area contributed by atoms with Crippen LogP contribution in [-0.4, -0.2) is 50.7 Å². The van der Waals surface area contributed by atoms with E-state index in [-0.39, 0.29) is 0 Å². The molecule has 2 saturated carbocycles. The quantitative estimate of drug-likeness (QED) is 0.693. The molecule has 2 nitrogen and oxygen atoms in total. The van der Waals surface area contributed by atoms with Crippen LogP contribution in [0.1, 0.15) is 58.3 Å². The summed E-state index contributed by atoms with van der Waals surface area (Å²) in [7, 11) is 2.33. The molecule has 22 heavy (non-hydrogen) atoms. The second-order valence-corrected chi connectivity index (χ2v) is 9.75. The van der Waals surface area contributed by atoms with Crippen LogP contribution in [-0.2, 0) is 0 Å². The lowest BCUT2D eigenvalue weighted by atomic mass is 9.94. The molecule has 0 N–H and O–H groups in total. The standard InChI is InChI=1S/C18H29N2S2/c1-3-20-14-9-5-7-11-16(14)22-18(20)12-17-19(2)13-8-4-6-10-15(13)21-17/h12-16H,3-11H2,1-2H3/q+1. The summed E-state index contributed by atoms with van der Waals surface area (Å²) in [6, 6.07) is 1.61. The van der Waals surface area contributed by atoms with Crippen molar-refractivity contribution in [3.8, 4) is 0 Å². The molecule has 122 valence electrons. The first kappa shape index (κ1) is 15.4. The van der Waals surface area contributed by atoms with Gasteiger partial charge >= 0.3 is 0 Å². The molecular formula is C18H29N2S2+. The van der Waals surface area contributed by atoms with Gasteiger partial charge in [-0.05, 0) is 44.4 Å². The lowest BCUT2D eigenvalue weighted by Gasteiger charge is -2.31. The maximum atomic E-state index is 2.71. The molecule has 4 heteroatoms. The molecule has 3 fully saturated rings. The topological polar surface area (TPSA) is 6.25 Å². The van der Waals surface area contributed by atoms with Crippen LogP contribution in [0, 0.1) is 0 Å². The summed E-state index contributed by atoms with van der Waals surface area (Å²) in [4.78, 5) is 2.71. The maximum Gasteiger partial charge on any atom is 0.237 e. The monoisotopic (exact) mass is 337 g/mol. The summed E-state index contributed by atoms with van der Waals surface area (Å²) in [5, 5.41) is 4.82. The van der Waals surface area contributed by atoms with E-state index in [0.29, 0.717) is 0 Å². The fourth-order valence-electron chi connectivity index (χ4n) is 4.77. The van der Waals surface area contributed by atoms with Gasteiger partial charge in [0.1, 0.15) is 7.05 Å². The highest BCUT2D eigenvalue weighted by Gasteiger charge is 2.43. The Morgan fingerprint density at radius 1 is 1.05 bits per heavy atom. The normalized spacial score (nSPS) is 40.3. The minimum absolute atomic E-state index is 0.800. The van der Waals surface area contributed by atoms with Gasteiger partial charge in [0.15, 0.2) is 6.04 Å². The fraction of sp³-hybridized carbons (Fsp3) is 0.833. The zero-order valence-electron chi connectivity index (χ0n) is 14.0. The molecule has 0 aromatic heterocycles. The Hall–Kier alpha value is -0.0900. The summed E-state index contributed by atoms with van der Waals surface area (Å²) in [5.74, 6) is 0. The molecule has 0 aromatic carbocycles. The molecule has 4 rings (SSSR count). The van der Waals surface area contributed by atoms with E-state index in [1.54, 1.807) is 5.03 Å². The average Bonchev–Trinajstić information content (AvgIpc) is 3.06. The third-order valence-electron chi connectivity index (χ3n) is 6.00. The molecule has 0 aromatic rings. The van der Waals surface area contributed by atoms with Crippen molar-refractivity contribution < 1.29 is 4.58 Å². The Labute approximate surface area is 143 Å². The van der Waals surface area contributed by atoms with Gasteiger partial charge in [-0.15, -0.1) is 11.8 Å². The van der Waals surface area contributed by atoms with Gasteiger partial charge in [-0.25, -0.2) is 4.58 Å². The number of thioether (sulfide) groups is 2. The van der Waals surface area contributed by atoms with Crippen LogP contribution in [0.5, 0.6) is 0 Å². The number of nitrogens with zero attached hydrogens (tertiary/aromatic N) is 2. The SMILES string of the molecule is CCN1C(=CC2=[N+](C)C3CCCCC3S2)SC2CCCCC21. The third-order valence-corrected chi connectivity index (χ3v) is 8.94. The van der Waals surface area contributed by atoms with Gasteiger partial charge in [0.2, 0.25) is 5.04 Å². The molecule has 0 spiro atoms. The second-order valence-electron chi connectivity index (χ2n) is 7.23. The summed E-state index contributed by atoms with van der Waals surface area (Å²) in [6.45, 7) is 3.51. The van der Waals surface area contributed by atoms with Crippen LogP contribution < -0.4 is 0 Å². The van der Waals surface area contributed by atoms with Crippen molar-refractivity contribution in [2.24, 2.45) is 0 Å². The highest BCUT2D eigenvalue weighted by atomic mass is 32.2. The van der Waals surface area contributed by atoms with Crippen LogP contribution in [0.4, 0.5) is 0 Å². The summed E-state index contributed by atoms with van der Waals surface area (Å²) in [5.41, 5.74) is 0. The molecule has 2 aliphatic heterocycles. The van der Waals surface area contributed by atoms with Gasteiger partial charge in [-0.1, -0.05) is 19.3 Å². The molecular weight excluding hydrogens is 308 g/mol. The predicted octanol–water partition coefficient (Wildman–Crippen LogP) is 4.31. The highest BCUT2D eigenvalue weighted by molar-refractivity contribution is 8.15. The maximum absolute atomic E-state index is 2.71. The Bertz CT molecular complexity index is 499. The highest BCUT2D eigenvalue weighted by Crippen LogP contribution is 2.46. The van der Waals surface area contributed by atoms with E-state index >= 15 is 0 Å². The molecule has 0 radical (unpaired) electrons. The van der Waals surface area contributed by atoms with Crippen molar-refractivity contribution in [2.75, 3.05) is 13.6 Å². The Morgan fingerprint density at radius 3 is 2.55 bits per heavy atom. The van der Waals surface area contributed by atoms with Gasteiger partial charge in [0, 0.05) is 30.3 Å². The number of fused-ring (bicyclic) bond motifs is 2. The molecule has 0 bridgehead atoms. The van der Waals surface area contributed by atoms with Gasteiger partial charge in [-0.2, -0.15) is 0 Å². The Morgan fingerprint density at radius 2 is 1.77 bits per heavy atom.